The molecule has 2 aromatic carbocycles. The summed E-state index contributed by atoms with van der Waals surface area (Å²) in [6.07, 6.45) is 2.51. The van der Waals surface area contributed by atoms with E-state index in [0.717, 1.165) is 50.4 Å². The highest BCUT2D eigenvalue weighted by Gasteiger charge is 2.28. The fourth-order valence-electron chi connectivity index (χ4n) is 5.68. The Morgan fingerprint density at radius 2 is 1.74 bits per heavy atom. The fourth-order valence-corrected chi connectivity index (χ4v) is 5.68. The van der Waals surface area contributed by atoms with Gasteiger partial charge in [-0.1, -0.05) is 0 Å². The third kappa shape index (κ3) is 8.29. The number of hydrogen-bond donors (Lipinski definition) is 1. The zero-order valence-corrected chi connectivity index (χ0v) is 27.3. The molecule has 3 heterocycles. The van der Waals surface area contributed by atoms with Crippen molar-refractivity contribution >= 4 is 34.3 Å². The van der Waals surface area contributed by atoms with Crippen LogP contribution in [0.5, 0.6) is 17.2 Å². The van der Waals surface area contributed by atoms with Crippen molar-refractivity contribution in [2.45, 2.75) is 33.3 Å². The van der Waals surface area contributed by atoms with Gasteiger partial charge >= 0.3 is 12.0 Å². The molecule has 0 spiro atoms. The van der Waals surface area contributed by atoms with Gasteiger partial charge in [0.2, 0.25) is 0 Å². The summed E-state index contributed by atoms with van der Waals surface area (Å²) < 4.78 is 28.4. The summed E-state index contributed by atoms with van der Waals surface area (Å²) in [6.45, 7) is 12.8. The van der Waals surface area contributed by atoms with Crippen molar-refractivity contribution in [2.75, 3.05) is 89.6 Å². The van der Waals surface area contributed by atoms with Crippen LogP contribution in [0.4, 0.5) is 16.2 Å². The van der Waals surface area contributed by atoms with E-state index in [1.165, 1.54) is 0 Å². The molecule has 5 rings (SSSR count). The van der Waals surface area contributed by atoms with Crippen LogP contribution in [0, 0.1) is 0 Å². The van der Waals surface area contributed by atoms with Gasteiger partial charge in [-0.2, -0.15) is 0 Å². The van der Waals surface area contributed by atoms with E-state index < -0.39 is 5.97 Å². The summed E-state index contributed by atoms with van der Waals surface area (Å²) in [4.78, 5) is 37.1. The van der Waals surface area contributed by atoms with Crippen molar-refractivity contribution in [2.24, 2.45) is 0 Å². The van der Waals surface area contributed by atoms with Gasteiger partial charge in [0.25, 0.3) is 0 Å². The minimum absolute atomic E-state index is 0.0748. The number of pyridine rings is 1. The number of piperazine rings is 1. The molecule has 12 heteroatoms. The van der Waals surface area contributed by atoms with E-state index in [-0.39, 0.29) is 18.7 Å². The van der Waals surface area contributed by atoms with Gasteiger partial charge < -0.3 is 38.8 Å². The van der Waals surface area contributed by atoms with Gasteiger partial charge in [0.15, 0.2) is 11.5 Å². The first-order chi connectivity index (χ1) is 22.4. The number of benzene rings is 2. The molecule has 0 saturated carbocycles. The lowest BCUT2D eigenvalue weighted by Gasteiger charge is -2.37. The van der Waals surface area contributed by atoms with Gasteiger partial charge in [0.1, 0.15) is 11.3 Å². The van der Waals surface area contributed by atoms with Crippen molar-refractivity contribution in [1.82, 2.24) is 14.8 Å². The molecule has 0 aliphatic carbocycles. The number of methoxy groups -OCH3 is 1. The number of fused-ring (bicyclic) bond motifs is 1. The quantitative estimate of drug-likeness (QED) is 0.223. The number of hydrogen-bond acceptors (Lipinski definition) is 10. The largest absolute Gasteiger partial charge is 0.493 e. The average molecular weight is 636 g/mol. The number of urea groups is 1. The number of amides is 2. The first-order valence-corrected chi connectivity index (χ1v) is 16.0. The molecule has 2 saturated heterocycles. The van der Waals surface area contributed by atoms with Crippen LogP contribution in [-0.4, -0.2) is 112 Å². The lowest BCUT2D eigenvalue weighted by molar-refractivity contribution is 0.0357. The Morgan fingerprint density at radius 3 is 2.41 bits per heavy atom. The van der Waals surface area contributed by atoms with Crippen LogP contribution in [0.3, 0.4) is 0 Å². The molecule has 0 radical (unpaired) electrons. The number of esters is 1. The molecule has 1 N–H and O–H groups in total. The SMILES string of the molecule is CCOC(=O)c1cnc2cc(OCCCN3CCOCC3)c(OC)cc2c1N1CCN(C(=O)Nc2ccc(OC(C)C)cc2)CC1. The van der Waals surface area contributed by atoms with Crippen LogP contribution >= 0.6 is 0 Å². The zero-order chi connectivity index (χ0) is 32.5. The molecule has 0 bridgehead atoms. The summed E-state index contributed by atoms with van der Waals surface area (Å²) >= 11 is 0. The van der Waals surface area contributed by atoms with Crippen molar-refractivity contribution in [3.8, 4) is 17.2 Å². The number of morpholine rings is 1. The van der Waals surface area contributed by atoms with Crippen molar-refractivity contribution in [1.29, 1.82) is 0 Å². The summed E-state index contributed by atoms with van der Waals surface area (Å²) in [6, 6.07) is 10.9. The Labute approximate surface area is 270 Å². The number of rotatable bonds is 12. The molecule has 1 aromatic heterocycles. The van der Waals surface area contributed by atoms with Gasteiger partial charge in [-0.3, -0.25) is 9.88 Å². The Hall–Kier alpha value is -4.29. The van der Waals surface area contributed by atoms with E-state index in [9.17, 15) is 9.59 Å². The van der Waals surface area contributed by atoms with E-state index >= 15 is 0 Å². The summed E-state index contributed by atoms with van der Waals surface area (Å²) in [5, 5.41) is 3.73. The Bertz CT molecular complexity index is 1470. The molecule has 46 heavy (non-hydrogen) atoms. The van der Waals surface area contributed by atoms with Crippen LogP contribution in [-0.2, 0) is 9.47 Å². The lowest BCUT2D eigenvalue weighted by atomic mass is 10.1. The second-order valence-electron chi connectivity index (χ2n) is 11.5. The topological polar surface area (TPSA) is 115 Å². The van der Waals surface area contributed by atoms with Crippen molar-refractivity contribution in [3.63, 3.8) is 0 Å². The Kier molecular flexibility index (Phi) is 11.4. The molecule has 0 unspecified atom stereocenters. The van der Waals surface area contributed by atoms with Crippen LogP contribution < -0.4 is 24.4 Å². The van der Waals surface area contributed by atoms with Crippen LogP contribution in [0.25, 0.3) is 10.9 Å². The number of carbonyl (C=O) groups is 2. The van der Waals surface area contributed by atoms with E-state index in [2.05, 4.69) is 20.1 Å². The summed E-state index contributed by atoms with van der Waals surface area (Å²) in [5.74, 6) is 1.47. The highest BCUT2D eigenvalue weighted by atomic mass is 16.5. The van der Waals surface area contributed by atoms with Gasteiger partial charge in [-0.05, 0) is 57.5 Å². The molecule has 2 fully saturated rings. The highest BCUT2D eigenvalue weighted by Crippen LogP contribution is 2.38. The molecule has 0 atom stereocenters. The minimum Gasteiger partial charge on any atom is -0.493 e. The average Bonchev–Trinajstić information content (AvgIpc) is 3.07. The van der Waals surface area contributed by atoms with Crippen molar-refractivity contribution < 1.29 is 33.3 Å². The third-order valence-electron chi connectivity index (χ3n) is 7.96. The van der Waals surface area contributed by atoms with E-state index in [1.54, 1.807) is 25.1 Å². The fraction of sp³-hybridized carbons (Fsp3) is 0.500. The predicted molar refractivity (Wildman–Crippen MR) is 177 cm³/mol. The predicted octanol–water partition coefficient (Wildman–Crippen LogP) is 4.66. The lowest BCUT2D eigenvalue weighted by Crippen LogP contribution is -2.50. The number of anilines is 2. The second-order valence-corrected chi connectivity index (χ2v) is 11.5. The second kappa shape index (κ2) is 15.8. The van der Waals surface area contributed by atoms with Crippen molar-refractivity contribution in [3.05, 3.63) is 48.2 Å². The monoisotopic (exact) mass is 635 g/mol. The molecule has 248 valence electrons. The van der Waals surface area contributed by atoms with Gasteiger partial charge in [0.05, 0.1) is 50.8 Å². The molecular formula is C34H45N5O7. The Morgan fingerprint density at radius 1 is 1.00 bits per heavy atom. The molecule has 2 aliphatic rings. The van der Waals surface area contributed by atoms with Crippen LogP contribution in [0.15, 0.2) is 42.6 Å². The number of nitrogens with one attached hydrogen (secondary N) is 1. The Balaban J connectivity index is 1.30. The van der Waals surface area contributed by atoms with E-state index in [0.29, 0.717) is 66.7 Å². The van der Waals surface area contributed by atoms with Crippen LogP contribution in [0.2, 0.25) is 0 Å². The van der Waals surface area contributed by atoms with Gasteiger partial charge in [0, 0.05) is 69.2 Å². The molecule has 2 aliphatic heterocycles. The third-order valence-corrected chi connectivity index (χ3v) is 7.96. The number of carbonyl (C=O) groups excluding carboxylic acids is 2. The normalized spacial score (nSPS) is 15.6. The smallest absolute Gasteiger partial charge is 0.341 e. The van der Waals surface area contributed by atoms with Gasteiger partial charge in [-0.15, -0.1) is 0 Å². The number of aromatic nitrogens is 1. The first kappa shape index (κ1) is 33.1. The number of ether oxygens (including phenoxy) is 5. The molecule has 12 nitrogen and oxygen atoms in total. The van der Waals surface area contributed by atoms with Gasteiger partial charge in [-0.25, -0.2) is 9.59 Å². The maximum absolute atomic E-state index is 13.1. The van der Waals surface area contributed by atoms with E-state index in [4.69, 9.17) is 23.7 Å². The van der Waals surface area contributed by atoms with Crippen LogP contribution in [0.1, 0.15) is 37.6 Å². The number of nitrogens with zero attached hydrogens (tertiary/aromatic N) is 4. The minimum atomic E-state index is -0.445. The summed E-state index contributed by atoms with van der Waals surface area (Å²) in [5.41, 5.74) is 2.45. The maximum atomic E-state index is 13.1. The summed E-state index contributed by atoms with van der Waals surface area (Å²) in [7, 11) is 1.60. The standard InChI is InChI=1S/C34H45N5O7/c1-5-44-33(40)28-23-35-29-22-31(45-18-6-11-37-16-19-43-20-17-37)30(42-4)21-27(29)32(28)38-12-14-39(15-13-38)34(41)36-25-7-9-26(10-8-25)46-24(2)3/h7-10,21-24H,5-6,11-20H2,1-4H3,(H,36,41). The highest BCUT2D eigenvalue weighted by molar-refractivity contribution is 6.06. The molecule has 3 aromatic rings. The zero-order valence-electron chi connectivity index (χ0n) is 27.3. The molecular weight excluding hydrogens is 590 g/mol. The maximum Gasteiger partial charge on any atom is 0.341 e. The van der Waals surface area contributed by atoms with E-state index in [1.807, 2.05) is 50.2 Å². The molecule has 2 amide bonds. The first-order valence-electron chi connectivity index (χ1n) is 16.0.